The number of allylic oxidation sites excluding steroid dienone is 1. The van der Waals surface area contributed by atoms with Crippen LogP contribution in [0.1, 0.15) is 49.1 Å². The molecule has 4 aromatic rings. The van der Waals surface area contributed by atoms with Crippen LogP contribution in [0.25, 0.3) is 6.08 Å². The summed E-state index contributed by atoms with van der Waals surface area (Å²) in [5, 5.41) is 9.54. The summed E-state index contributed by atoms with van der Waals surface area (Å²) in [7, 11) is 0. The summed E-state index contributed by atoms with van der Waals surface area (Å²) in [6, 6.07) is 21.0. The number of carbonyl (C=O) groups is 1. The minimum atomic E-state index is -0.736. The lowest BCUT2D eigenvalue weighted by atomic mass is 9.96. The van der Waals surface area contributed by atoms with Crippen molar-refractivity contribution in [2.75, 3.05) is 13.2 Å². The molecule has 0 aliphatic carbocycles. The molecule has 2 heterocycles. The number of rotatable bonds is 9. The molecule has 10 heteroatoms. The van der Waals surface area contributed by atoms with Crippen molar-refractivity contribution in [3.63, 3.8) is 0 Å². The highest BCUT2D eigenvalue weighted by Crippen LogP contribution is 2.32. The Bertz CT molecular complexity index is 1920. The van der Waals surface area contributed by atoms with Gasteiger partial charge in [-0.2, -0.15) is 5.26 Å². The van der Waals surface area contributed by atoms with Gasteiger partial charge in [0.2, 0.25) is 0 Å². The Kier molecular flexibility index (Phi) is 9.10. The number of carbonyl (C=O) groups excluding carboxylic acids is 1. The topological polar surface area (TPSA) is 103 Å². The Morgan fingerprint density at radius 2 is 1.81 bits per heavy atom. The van der Waals surface area contributed by atoms with Crippen LogP contribution in [0.5, 0.6) is 11.5 Å². The third-order valence-electron chi connectivity index (χ3n) is 6.76. The number of benzene rings is 3. The molecule has 0 spiro atoms. The van der Waals surface area contributed by atoms with E-state index in [4.69, 9.17) is 31.1 Å². The molecule has 0 bridgehead atoms. The van der Waals surface area contributed by atoms with Gasteiger partial charge in [0.1, 0.15) is 18.1 Å². The number of hydrogen-bond acceptors (Lipinski definition) is 8. The molecule has 0 saturated heterocycles. The summed E-state index contributed by atoms with van der Waals surface area (Å²) >= 11 is 7.56. The van der Waals surface area contributed by atoms with Gasteiger partial charge in [0.15, 0.2) is 4.80 Å². The third kappa shape index (κ3) is 6.41. The van der Waals surface area contributed by atoms with Gasteiger partial charge in [0.25, 0.3) is 5.56 Å². The SMILES string of the molecule is CCOC(=O)C1=C(C)N=c2s/c(=C\c3cc(Cl)ccc3OCc3ccc(C#N)cc3)c(=O)n2[C@H]1c1ccc(OCC)cc1. The molecule has 3 aromatic carbocycles. The van der Waals surface area contributed by atoms with Crippen LogP contribution in [0.2, 0.25) is 5.02 Å². The zero-order chi connectivity index (χ0) is 30.5. The van der Waals surface area contributed by atoms with E-state index >= 15 is 0 Å². The lowest BCUT2D eigenvalue weighted by Gasteiger charge is -2.24. The van der Waals surface area contributed by atoms with Gasteiger partial charge in [0, 0.05) is 10.6 Å². The minimum Gasteiger partial charge on any atom is -0.494 e. The van der Waals surface area contributed by atoms with E-state index in [0.29, 0.717) is 54.9 Å². The van der Waals surface area contributed by atoms with Crippen LogP contribution < -0.4 is 24.4 Å². The molecule has 0 N–H and O–H groups in total. The summed E-state index contributed by atoms with van der Waals surface area (Å²) in [5.74, 6) is 0.697. The second-order valence-electron chi connectivity index (χ2n) is 9.58. The normalized spacial score (nSPS) is 14.5. The molecule has 0 amide bonds. The predicted octanol–water partition coefficient (Wildman–Crippen LogP) is 5.30. The van der Waals surface area contributed by atoms with Crippen LogP contribution in [-0.4, -0.2) is 23.8 Å². The fraction of sp³-hybridized carbons (Fsp3) is 0.212. The largest absolute Gasteiger partial charge is 0.494 e. The summed E-state index contributed by atoms with van der Waals surface area (Å²) < 4.78 is 19.0. The molecule has 1 aromatic heterocycles. The van der Waals surface area contributed by atoms with Crippen molar-refractivity contribution in [2.24, 2.45) is 4.99 Å². The average Bonchev–Trinajstić information content (AvgIpc) is 3.30. The molecular formula is C33H28ClN3O5S. The van der Waals surface area contributed by atoms with Crippen molar-refractivity contribution in [1.82, 2.24) is 4.57 Å². The van der Waals surface area contributed by atoms with Crippen LogP contribution >= 0.6 is 22.9 Å². The number of aromatic nitrogens is 1. The standard InChI is InChI=1S/C33H28ClN3O5S/c1-4-40-26-13-10-23(11-14-26)30-29(32(39)41-5-2)20(3)36-33-37(30)31(38)28(43-33)17-24-16-25(34)12-15-27(24)42-19-22-8-6-21(18-35)7-9-22/h6-17,30H,4-5,19H2,1-3H3/b28-17-/t30-/m0/s1. The number of nitrogens with zero attached hydrogens (tertiary/aromatic N) is 3. The fourth-order valence-corrected chi connectivity index (χ4v) is 5.98. The Balaban J connectivity index is 1.59. The summed E-state index contributed by atoms with van der Waals surface area (Å²) in [6.45, 7) is 6.36. The van der Waals surface area contributed by atoms with Crippen LogP contribution in [0, 0.1) is 11.3 Å². The van der Waals surface area contributed by atoms with E-state index < -0.39 is 12.0 Å². The number of ether oxygens (including phenoxy) is 3. The molecule has 1 aliphatic rings. The van der Waals surface area contributed by atoms with Crippen molar-refractivity contribution in [3.05, 3.63) is 125 Å². The van der Waals surface area contributed by atoms with Gasteiger partial charge in [-0.3, -0.25) is 9.36 Å². The van der Waals surface area contributed by atoms with Crippen molar-refractivity contribution >= 4 is 35.0 Å². The quantitative estimate of drug-likeness (QED) is 0.237. The Hall–Kier alpha value is -4.65. The van der Waals surface area contributed by atoms with Crippen LogP contribution in [-0.2, 0) is 16.1 Å². The molecule has 218 valence electrons. The molecule has 1 atom stereocenters. The molecule has 8 nitrogen and oxygen atoms in total. The molecular weight excluding hydrogens is 586 g/mol. The maximum Gasteiger partial charge on any atom is 0.338 e. The zero-order valence-electron chi connectivity index (χ0n) is 23.8. The van der Waals surface area contributed by atoms with Gasteiger partial charge < -0.3 is 14.2 Å². The molecule has 0 radical (unpaired) electrons. The van der Waals surface area contributed by atoms with Gasteiger partial charge in [-0.05, 0) is 80.4 Å². The highest BCUT2D eigenvalue weighted by atomic mass is 35.5. The van der Waals surface area contributed by atoms with Crippen LogP contribution in [0.15, 0.2) is 87.8 Å². The third-order valence-corrected chi connectivity index (χ3v) is 7.98. The summed E-state index contributed by atoms with van der Waals surface area (Å²) in [5.41, 5.74) is 3.27. The molecule has 1 aliphatic heterocycles. The fourth-order valence-electron chi connectivity index (χ4n) is 4.76. The molecule has 5 rings (SSSR count). The number of halogens is 1. The number of hydrogen-bond donors (Lipinski definition) is 0. The Labute approximate surface area is 257 Å². The maximum atomic E-state index is 14.0. The van der Waals surface area contributed by atoms with Gasteiger partial charge >= 0.3 is 5.97 Å². The molecule has 0 unspecified atom stereocenters. The van der Waals surface area contributed by atoms with Crippen LogP contribution in [0.4, 0.5) is 0 Å². The first kappa shape index (κ1) is 29.8. The van der Waals surface area contributed by atoms with Gasteiger partial charge in [-0.1, -0.05) is 47.2 Å². The van der Waals surface area contributed by atoms with Crippen molar-refractivity contribution < 1.29 is 19.0 Å². The van der Waals surface area contributed by atoms with E-state index in [1.165, 1.54) is 15.9 Å². The first-order valence-electron chi connectivity index (χ1n) is 13.7. The van der Waals surface area contributed by atoms with E-state index in [2.05, 4.69) is 11.1 Å². The minimum absolute atomic E-state index is 0.191. The smallest absolute Gasteiger partial charge is 0.338 e. The number of fused-ring (bicyclic) bond motifs is 1. The average molecular weight is 614 g/mol. The first-order valence-corrected chi connectivity index (χ1v) is 14.9. The highest BCUT2D eigenvalue weighted by molar-refractivity contribution is 7.07. The van der Waals surface area contributed by atoms with E-state index in [1.807, 2.05) is 43.3 Å². The first-order chi connectivity index (χ1) is 20.8. The monoisotopic (exact) mass is 613 g/mol. The maximum absolute atomic E-state index is 14.0. The number of thiazole rings is 1. The van der Waals surface area contributed by atoms with Crippen molar-refractivity contribution in [3.8, 4) is 17.6 Å². The van der Waals surface area contributed by atoms with Crippen molar-refractivity contribution in [1.29, 1.82) is 5.26 Å². The number of esters is 1. The lowest BCUT2D eigenvalue weighted by Crippen LogP contribution is -2.39. The van der Waals surface area contributed by atoms with E-state index in [1.54, 1.807) is 50.3 Å². The summed E-state index contributed by atoms with van der Waals surface area (Å²) in [4.78, 5) is 32.3. The van der Waals surface area contributed by atoms with E-state index in [0.717, 1.165) is 11.1 Å². The second-order valence-corrected chi connectivity index (χ2v) is 11.0. The highest BCUT2D eigenvalue weighted by Gasteiger charge is 2.33. The van der Waals surface area contributed by atoms with Gasteiger partial charge in [-0.25, -0.2) is 9.79 Å². The molecule has 0 fully saturated rings. The predicted molar refractivity (Wildman–Crippen MR) is 165 cm³/mol. The van der Waals surface area contributed by atoms with Crippen molar-refractivity contribution in [2.45, 2.75) is 33.4 Å². The van der Waals surface area contributed by atoms with Gasteiger partial charge in [0.05, 0.1) is 46.7 Å². The molecule has 43 heavy (non-hydrogen) atoms. The Morgan fingerprint density at radius 3 is 2.49 bits per heavy atom. The van der Waals surface area contributed by atoms with Crippen LogP contribution in [0.3, 0.4) is 0 Å². The van der Waals surface area contributed by atoms with E-state index in [9.17, 15) is 9.59 Å². The second kappa shape index (κ2) is 13.1. The number of nitriles is 1. The zero-order valence-corrected chi connectivity index (χ0v) is 25.4. The molecule has 0 saturated carbocycles. The van der Waals surface area contributed by atoms with E-state index in [-0.39, 0.29) is 18.8 Å². The lowest BCUT2D eigenvalue weighted by molar-refractivity contribution is -0.139. The van der Waals surface area contributed by atoms with Gasteiger partial charge in [-0.15, -0.1) is 0 Å². The Morgan fingerprint density at radius 1 is 1.07 bits per heavy atom. The summed E-state index contributed by atoms with van der Waals surface area (Å²) in [6.07, 6.45) is 1.72.